The second-order valence-electron chi connectivity index (χ2n) is 21.3. The maximum absolute atomic E-state index is 16.8. The lowest BCUT2D eigenvalue weighted by atomic mass is 9.89. The molecule has 0 aliphatic carbocycles. The number of likely N-dealkylation sites (tertiary alicyclic amines) is 2. The molecule has 0 bridgehead atoms. The van der Waals surface area contributed by atoms with Gasteiger partial charge in [0.2, 0.25) is 11.8 Å². The van der Waals surface area contributed by atoms with Crippen LogP contribution in [0.25, 0.3) is 22.1 Å². The smallest absolute Gasteiger partial charge is 0.407 e. The van der Waals surface area contributed by atoms with Crippen LogP contribution in [0.5, 0.6) is 0 Å². The SMILES string of the molecule is COC(=O)N[C@H](C(=O)N1CCC[C@H]1c1nc2cc([C@H]3CC[C@H](c4ccc5[nH]c([C@@H]6CCCN6C(=O)[C@@H](NC(=O)O)C(C)C)nc5c4)N3c3cc(F)c(N4CCC(c5ccc(F)cc5)CC4)c(F)c3)ccc2[nH]1)C(C)C. The summed E-state index contributed by atoms with van der Waals surface area (Å²) in [5.41, 5.74) is 5.96. The van der Waals surface area contributed by atoms with Crippen LogP contribution < -0.4 is 20.4 Å². The Bertz CT molecular complexity index is 3080. The Hall–Kier alpha value is -7.31. The first-order valence-electron chi connectivity index (χ1n) is 26.3. The zero-order valence-corrected chi connectivity index (χ0v) is 42.9. The monoisotopic (exact) mass is 1030 g/mol. The van der Waals surface area contributed by atoms with Crippen molar-refractivity contribution in [3.8, 4) is 0 Å². The van der Waals surface area contributed by atoms with Crippen molar-refractivity contribution < 1.29 is 42.2 Å². The molecule has 0 radical (unpaired) electrons. The third kappa shape index (κ3) is 10.2. The van der Waals surface area contributed by atoms with Gasteiger partial charge in [-0.15, -0.1) is 0 Å². The number of rotatable bonds is 13. The van der Waals surface area contributed by atoms with E-state index >= 15 is 8.78 Å². The van der Waals surface area contributed by atoms with Crippen molar-refractivity contribution in [2.75, 3.05) is 43.1 Å². The van der Waals surface area contributed by atoms with E-state index in [2.05, 4.69) is 25.5 Å². The van der Waals surface area contributed by atoms with Crippen molar-refractivity contribution in [3.05, 3.63) is 119 Å². The quantitative estimate of drug-likeness (QED) is 0.0744. The number of benzene rings is 4. The molecule has 2 aromatic heterocycles. The largest absolute Gasteiger partial charge is 0.465 e. The fourth-order valence-electron chi connectivity index (χ4n) is 12.1. The lowest BCUT2D eigenvalue weighted by Gasteiger charge is -2.36. The minimum Gasteiger partial charge on any atom is -0.465 e. The van der Waals surface area contributed by atoms with Gasteiger partial charge in [0.05, 0.1) is 53.3 Å². The molecular weight excluding hydrogens is 966 g/mol. The van der Waals surface area contributed by atoms with Crippen LogP contribution in [0.3, 0.4) is 0 Å². The third-order valence-electron chi connectivity index (χ3n) is 16.0. The van der Waals surface area contributed by atoms with Gasteiger partial charge >= 0.3 is 12.2 Å². The van der Waals surface area contributed by atoms with Gasteiger partial charge in [-0.25, -0.2) is 32.7 Å². The molecule has 6 heterocycles. The molecular formula is C56H65F3N10O6. The molecule has 6 aromatic rings. The molecule has 4 saturated heterocycles. The number of hydrogen-bond donors (Lipinski definition) is 5. The average Bonchev–Trinajstić information content (AvgIpc) is 4.26. The molecule has 16 nitrogen and oxygen atoms in total. The molecule has 0 unspecified atom stereocenters. The highest BCUT2D eigenvalue weighted by atomic mass is 19.1. The first-order valence-corrected chi connectivity index (χ1v) is 26.3. The highest BCUT2D eigenvalue weighted by Gasteiger charge is 2.41. The first kappa shape index (κ1) is 51.2. The second-order valence-corrected chi connectivity index (χ2v) is 21.3. The Balaban J connectivity index is 0.966. The minimum absolute atomic E-state index is 0.0716. The predicted octanol–water partition coefficient (Wildman–Crippen LogP) is 10.3. The topological polar surface area (TPSA) is 192 Å². The molecule has 4 aromatic carbocycles. The van der Waals surface area contributed by atoms with Gasteiger partial charge in [0.15, 0.2) is 11.6 Å². The molecule has 0 saturated carbocycles. The highest BCUT2D eigenvalue weighted by Crippen LogP contribution is 2.49. The van der Waals surface area contributed by atoms with Gasteiger partial charge in [-0.1, -0.05) is 52.0 Å². The van der Waals surface area contributed by atoms with Crippen molar-refractivity contribution >= 4 is 57.4 Å². The van der Waals surface area contributed by atoms with E-state index in [4.69, 9.17) is 14.7 Å². The Morgan fingerprint density at radius 2 is 1.11 bits per heavy atom. The number of aromatic amines is 2. The van der Waals surface area contributed by atoms with Crippen LogP contribution in [0.15, 0.2) is 72.8 Å². The fraction of sp³-hybridized carbons (Fsp3) is 0.464. The average molecular weight is 1030 g/mol. The zero-order valence-electron chi connectivity index (χ0n) is 42.9. The summed E-state index contributed by atoms with van der Waals surface area (Å²) in [7, 11) is 1.27. The Morgan fingerprint density at radius 3 is 1.57 bits per heavy atom. The molecule has 5 N–H and O–H groups in total. The van der Waals surface area contributed by atoms with Gasteiger partial charge in [-0.05, 0) is 134 Å². The normalized spacial score (nSPS) is 21.2. The van der Waals surface area contributed by atoms with Crippen LogP contribution in [0.4, 0.5) is 34.1 Å². The van der Waals surface area contributed by atoms with Crippen LogP contribution in [0.1, 0.15) is 137 Å². The first-order chi connectivity index (χ1) is 36.1. The van der Waals surface area contributed by atoms with Crippen LogP contribution in [-0.2, 0) is 14.3 Å². The molecule has 10 rings (SSSR count). The lowest BCUT2D eigenvalue weighted by Crippen LogP contribution is -2.51. The van der Waals surface area contributed by atoms with Crippen LogP contribution in [0.2, 0.25) is 0 Å². The van der Waals surface area contributed by atoms with Crippen molar-refractivity contribution in [2.24, 2.45) is 11.8 Å². The Labute approximate surface area is 433 Å². The Morgan fingerprint density at radius 1 is 0.627 bits per heavy atom. The third-order valence-corrected chi connectivity index (χ3v) is 16.0. The summed E-state index contributed by atoms with van der Waals surface area (Å²) in [6.07, 6.45) is 3.47. The second kappa shape index (κ2) is 21.1. The van der Waals surface area contributed by atoms with Crippen molar-refractivity contribution in [1.29, 1.82) is 0 Å². The maximum Gasteiger partial charge on any atom is 0.407 e. The van der Waals surface area contributed by atoms with Crippen molar-refractivity contribution in [2.45, 2.75) is 121 Å². The molecule has 4 aliphatic rings. The van der Waals surface area contributed by atoms with E-state index in [0.717, 1.165) is 40.6 Å². The Kier molecular flexibility index (Phi) is 14.4. The number of alkyl carbamates (subject to hydrolysis) is 1. The number of halogens is 3. The molecule has 75 heavy (non-hydrogen) atoms. The molecule has 19 heteroatoms. The van der Waals surface area contributed by atoms with Gasteiger partial charge in [0, 0.05) is 31.9 Å². The summed E-state index contributed by atoms with van der Waals surface area (Å²) in [4.78, 5) is 76.0. The van der Waals surface area contributed by atoms with Crippen molar-refractivity contribution in [1.82, 2.24) is 40.4 Å². The van der Waals surface area contributed by atoms with Gasteiger partial charge in [0.25, 0.3) is 0 Å². The van der Waals surface area contributed by atoms with E-state index < -0.39 is 35.9 Å². The number of ether oxygens (including phenoxy) is 1. The summed E-state index contributed by atoms with van der Waals surface area (Å²) in [6, 6.07) is 18.1. The summed E-state index contributed by atoms with van der Waals surface area (Å²) in [5, 5.41) is 14.6. The molecule has 0 spiro atoms. The van der Waals surface area contributed by atoms with Crippen LogP contribution in [-0.4, -0.2) is 104 Å². The zero-order chi connectivity index (χ0) is 52.8. The van der Waals surface area contributed by atoms with E-state index in [1.807, 2.05) is 50.2 Å². The number of nitrogens with zero attached hydrogens (tertiary/aromatic N) is 6. The number of methoxy groups -OCH3 is 1. The van der Waals surface area contributed by atoms with E-state index in [-0.39, 0.29) is 65.2 Å². The number of fused-ring (bicyclic) bond motifs is 2. The van der Waals surface area contributed by atoms with Gasteiger partial charge < -0.3 is 50.0 Å². The number of amides is 4. The van der Waals surface area contributed by atoms with Gasteiger partial charge in [0.1, 0.15) is 35.2 Å². The number of aromatic nitrogens is 4. The number of carbonyl (C=O) groups excluding carboxylic acids is 3. The van der Waals surface area contributed by atoms with Crippen LogP contribution >= 0.6 is 0 Å². The summed E-state index contributed by atoms with van der Waals surface area (Å²) in [6.45, 7) is 9.19. The van der Waals surface area contributed by atoms with Gasteiger partial charge in [-0.3, -0.25) is 9.59 Å². The number of H-pyrrole nitrogens is 2. The number of anilines is 2. The molecule has 4 amide bonds. The minimum atomic E-state index is -1.26. The van der Waals surface area contributed by atoms with Gasteiger partial charge in [-0.2, -0.15) is 0 Å². The number of hydrogen-bond acceptors (Lipinski definition) is 9. The number of carboxylic acid groups (broad SMARTS) is 1. The van der Waals surface area contributed by atoms with E-state index in [1.165, 1.54) is 31.4 Å². The van der Waals surface area contributed by atoms with E-state index in [0.29, 0.717) is 93.1 Å². The summed E-state index contributed by atoms with van der Waals surface area (Å²) >= 11 is 0. The number of piperidine rings is 1. The van der Waals surface area contributed by atoms with Crippen LogP contribution in [0, 0.1) is 29.3 Å². The molecule has 6 atom stereocenters. The molecule has 396 valence electrons. The van der Waals surface area contributed by atoms with Crippen molar-refractivity contribution in [3.63, 3.8) is 0 Å². The molecule has 4 fully saturated rings. The lowest BCUT2D eigenvalue weighted by molar-refractivity contribution is -0.136. The van der Waals surface area contributed by atoms with E-state index in [9.17, 15) is 28.7 Å². The highest BCUT2D eigenvalue weighted by molar-refractivity contribution is 5.87. The summed E-state index contributed by atoms with van der Waals surface area (Å²) in [5.74, 6) is -1.23. The predicted molar refractivity (Wildman–Crippen MR) is 278 cm³/mol. The number of imidazole rings is 2. The maximum atomic E-state index is 16.8. The fourth-order valence-corrected chi connectivity index (χ4v) is 12.1. The standard InChI is InChI=1S/C56H65F3N10O6/c1-30(2)48(64-55(72)73)53(70)67-22-6-8-46(67)51-60-40-16-12-34(26-42(40)62-51)44-18-19-45(69(44)37-28-38(58)50(39(59)29-37)66-24-20-33(21-25-66)32-10-14-36(57)15-11-32)35-13-17-41-43(27-35)63-52(61-41)47-9-7-23-68(47)54(71)49(31(3)4)65-56(74)75-5/h10-17,26-31,33,44-49,64H,6-9,18-25H2,1-5H3,(H,60,62)(H,61,63)(H,65,74)(H,72,73)/t44-,45-,46+,47+,48+,49+/m1/s1. The molecule has 4 aliphatic heterocycles. The summed E-state index contributed by atoms with van der Waals surface area (Å²) < 4.78 is 52.1. The van der Waals surface area contributed by atoms with E-state index in [1.54, 1.807) is 40.7 Å². The number of carbonyl (C=O) groups is 4. The number of nitrogens with one attached hydrogen (secondary N) is 4.